The molecule has 1 aromatic carbocycles. The van der Waals surface area contributed by atoms with Gasteiger partial charge in [0.2, 0.25) is 5.91 Å². The maximum atomic E-state index is 13.5. The number of piperidine rings is 1. The summed E-state index contributed by atoms with van der Waals surface area (Å²) in [5.41, 5.74) is 3.52. The fourth-order valence-electron chi connectivity index (χ4n) is 6.91. The van der Waals surface area contributed by atoms with Crippen LogP contribution >= 0.6 is 0 Å². The Balaban J connectivity index is 1.31. The van der Waals surface area contributed by atoms with Crippen molar-refractivity contribution < 1.29 is 9.53 Å². The van der Waals surface area contributed by atoms with Crippen molar-refractivity contribution in [1.82, 2.24) is 0 Å². The van der Waals surface area contributed by atoms with E-state index in [0.717, 1.165) is 68.9 Å². The third-order valence-corrected chi connectivity index (χ3v) is 8.78. The molecule has 1 amide bonds. The highest BCUT2D eigenvalue weighted by atomic mass is 16.5. The van der Waals surface area contributed by atoms with E-state index in [1.165, 1.54) is 50.0 Å². The van der Waals surface area contributed by atoms with Gasteiger partial charge in [0.1, 0.15) is 0 Å². The molecule has 3 saturated heterocycles. The van der Waals surface area contributed by atoms with E-state index in [9.17, 15) is 4.79 Å². The molecule has 164 valence electrons. The van der Waals surface area contributed by atoms with Crippen LogP contribution in [0.25, 0.3) is 0 Å². The number of carbonyl (C=O) groups is 1. The number of amides is 1. The Morgan fingerprint density at radius 1 is 1.03 bits per heavy atom. The summed E-state index contributed by atoms with van der Waals surface area (Å²) >= 11 is 0. The first-order chi connectivity index (χ1) is 14.6. The largest absolute Gasteiger partial charge is 0.381 e. The van der Waals surface area contributed by atoms with Crippen LogP contribution in [0.4, 0.5) is 11.4 Å². The van der Waals surface area contributed by atoms with Gasteiger partial charge in [-0.2, -0.15) is 0 Å². The number of nitrogens with zero attached hydrogens (tertiary/aromatic N) is 2. The Morgan fingerprint density at radius 3 is 2.60 bits per heavy atom. The van der Waals surface area contributed by atoms with Crippen LogP contribution in [0.5, 0.6) is 0 Å². The summed E-state index contributed by atoms with van der Waals surface area (Å²) in [5, 5.41) is 0. The van der Waals surface area contributed by atoms with E-state index in [0.29, 0.717) is 5.91 Å². The predicted molar refractivity (Wildman–Crippen MR) is 122 cm³/mol. The van der Waals surface area contributed by atoms with Crippen LogP contribution < -0.4 is 9.80 Å². The third kappa shape index (κ3) is 3.55. The summed E-state index contributed by atoms with van der Waals surface area (Å²) in [6, 6.07) is 6.81. The lowest BCUT2D eigenvalue weighted by molar-refractivity contribution is -0.136. The number of aryl methyl sites for hydroxylation is 1. The number of benzene rings is 1. The van der Waals surface area contributed by atoms with Gasteiger partial charge in [-0.1, -0.05) is 19.8 Å². The molecule has 4 heteroatoms. The number of hydrogen-bond acceptors (Lipinski definition) is 3. The van der Waals surface area contributed by atoms with E-state index in [-0.39, 0.29) is 5.41 Å². The molecule has 1 unspecified atom stereocenters. The summed E-state index contributed by atoms with van der Waals surface area (Å²) < 4.78 is 5.56. The van der Waals surface area contributed by atoms with Gasteiger partial charge in [0.25, 0.3) is 0 Å². The first kappa shape index (κ1) is 20.4. The SMILES string of the molecule is Cc1cc(N2CC[C@@H](C3CCC[C@H]3C)C2)ccc1N1CCCC2(CCOCC2)C1=O. The van der Waals surface area contributed by atoms with Crippen LogP contribution in [-0.2, 0) is 9.53 Å². The van der Waals surface area contributed by atoms with Crippen molar-refractivity contribution >= 4 is 17.3 Å². The minimum Gasteiger partial charge on any atom is -0.381 e. The summed E-state index contributed by atoms with van der Waals surface area (Å²) in [6.45, 7) is 9.34. The Labute approximate surface area is 182 Å². The normalized spacial score (nSPS) is 31.7. The van der Waals surface area contributed by atoms with E-state index < -0.39 is 0 Å². The molecule has 1 saturated carbocycles. The predicted octanol–water partition coefficient (Wildman–Crippen LogP) is 5.18. The van der Waals surface area contributed by atoms with Crippen LogP contribution in [0.3, 0.4) is 0 Å². The number of ether oxygens (including phenoxy) is 1. The van der Waals surface area contributed by atoms with Gasteiger partial charge in [0.15, 0.2) is 0 Å². The molecule has 30 heavy (non-hydrogen) atoms. The monoisotopic (exact) mass is 410 g/mol. The smallest absolute Gasteiger partial charge is 0.233 e. The van der Waals surface area contributed by atoms with Gasteiger partial charge in [-0.25, -0.2) is 0 Å². The van der Waals surface area contributed by atoms with Crippen molar-refractivity contribution in [3.63, 3.8) is 0 Å². The second-order valence-electron chi connectivity index (χ2n) is 10.5. The molecule has 3 heterocycles. The molecule has 4 aliphatic rings. The first-order valence-electron chi connectivity index (χ1n) is 12.3. The van der Waals surface area contributed by atoms with Crippen molar-refractivity contribution in [2.45, 2.75) is 65.2 Å². The van der Waals surface area contributed by atoms with Gasteiger partial charge in [-0.3, -0.25) is 4.79 Å². The van der Waals surface area contributed by atoms with Crippen LogP contribution in [0, 0.1) is 30.1 Å². The van der Waals surface area contributed by atoms with Crippen molar-refractivity contribution in [1.29, 1.82) is 0 Å². The average Bonchev–Trinajstić information content (AvgIpc) is 3.40. The average molecular weight is 411 g/mol. The van der Waals surface area contributed by atoms with Gasteiger partial charge < -0.3 is 14.5 Å². The summed E-state index contributed by atoms with van der Waals surface area (Å²) in [5.74, 6) is 3.03. The lowest BCUT2D eigenvalue weighted by atomic mass is 9.73. The highest BCUT2D eigenvalue weighted by Gasteiger charge is 2.45. The minimum atomic E-state index is -0.179. The molecule has 0 N–H and O–H groups in total. The molecule has 1 spiro atoms. The molecular weight excluding hydrogens is 372 g/mol. The van der Waals surface area contributed by atoms with E-state index in [2.05, 4.69) is 41.8 Å². The second kappa shape index (κ2) is 8.18. The maximum Gasteiger partial charge on any atom is 0.233 e. The number of anilines is 2. The zero-order valence-corrected chi connectivity index (χ0v) is 18.9. The van der Waals surface area contributed by atoms with Gasteiger partial charge in [-0.15, -0.1) is 0 Å². The molecule has 4 nitrogen and oxygen atoms in total. The van der Waals surface area contributed by atoms with Gasteiger partial charge in [-0.05, 0) is 87.0 Å². The molecule has 3 aliphatic heterocycles. The van der Waals surface area contributed by atoms with Crippen LogP contribution in [0.1, 0.15) is 63.9 Å². The van der Waals surface area contributed by atoms with Crippen LogP contribution in [0.2, 0.25) is 0 Å². The number of hydrogen-bond donors (Lipinski definition) is 0. The number of carbonyl (C=O) groups excluding carboxylic acids is 1. The third-order valence-electron chi connectivity index (χ3n) is 8.78. The molecule has 0 bridgehead atoms. The maximum absolute atomic E-state index is 13.5. The molecule has 0 aromatic heterocycles. The van der Waals surface area contributed by atoms with Gasteiger partial charge >= 0.3 is 0 Å². The first-order valence-corrected chi connectivity index (χ1v) is 12.3. The van der Waals surface area contributed by atoms with E-state index in [1.54, 1.807) is 0 Å². The van der Waals surface area contributed by atoms with Crippen molar-refractivity contribution in [3.05, 3.63) is 23.8 Å². The Bertz CT molecular complexity index is 780. The van der Waals surface area contributed by atoms with E-state index >= 15 is 0 Å². The molecule has 5 rings (SSSR count). The topological polar surface area (TPSA) is 32.8 Å². The zero-order valence-electron chi connectivity index (χ0n) is 18.9. The van der Waals surface area contributed by atoms with Crippen molar-refractivity contribution in [2.75, 3.05) is 42.6 Å². The fraction of sp³-hybridized carbons (Fsp3) is 0.731. The Kier molecular flexibility index (Phi) is 5.55. The minimum absolute atomic E-state index is 0.179. The molecule has 0 radical (unpaired) electrons. The summed E-state index contributed by atoms with van der Waals surface area (Å²) in [4.78, 5) is 18.1. The Hall–Kier alpha value is -1.55. The van der Waals surface area contributed by atoms with E-state index in [1.807, 2.05) is 0 Å². The Morgan fingerprint density at radius 2 is 1.87 bits per heavy atom. The van der Waals surface area contributed by atoms with Gasteiger partial charge in [0.05, 0.1) is 5.41 Å². The fourth-order valence-corrected chi connectivity index (χ4v) is 6.91. The summed E-state index contributed by atoms with van der Waals surface area (Å²) in [7, 11) is 0. The van der Waals surface area contributed by atoms with Crippen LogP contribution in [0.15, 0.2) is 18.2 Å². The zero-order chi connectivity index (χ0) is 20.7. The quantitative estimate of drug-likeness (QED) is 0.688. The molecular formula is C26H38N2O2. The highest BCUT2D eigenvalue weighted by molar-refractivity contribution is 5.99. The van der Waals surface area contributed by atoms with Gasteiger partial charge in [0, 0.05) is 44.2 Å². The lowest BCUT2D eigenvalue weighted by Gasteiger charge is -2.44. The van der Waals surface area contributed by atoms with Crippen molar-refractivity contribution in [2.24, 2.45) is 23.2 Å². The molecule has 1 aromatic rings. The molecule has 3 atom stereocenters. The van der Waals surface area contributed by atoms with E-state index in [4.69, 9.17) is 4.74 Å². The lowest BCUT2D eigenvalue weighted by Crippen LogP contribution is -2.51. The second-order valence-corrected chi connectivity index (χ2v) is 10.5. The standard InChI is InChI=1S/C26H38N2O2/c1-19-5-3-6-23(19)21-9-14-27(18-21)22-7-8-24(20(2)17-22)28-13-4-10-26(25(28)29)11-15-30-16-12-26/h7-8,17,19,21,23H,3-6,9-16,18H2,1-2H3/t19-,21-,23?/m1/s1. The van der Waals surface area contributed by atoms with Crippen molar-refractivity contribution in [3.8, 4) is 0 Å². The van der Waals surface area contributed by atoms with Crippen LogP contribution in [-0.4, -0.2) is 38.8 Å². The highest BCUT2D eigenvalue weighted by Crippen LogP contribution is 2.44. The summed E-state index contributed by atoms with van der Waals surface area (Å²) in [6.07, 6.45) is 9.51. The molecule has 1 aliphatic carbocycles. The number of rotatable bonds is 3. The molecule has 4 fully saturated rings.